The van der Waals surface area contributed by atoms with Gasteiger partial charge in [0.15, 0.2) is 0 Å². The van der Waals surface area contributed by atoms with Gasteiger partial charge in [-0.1, -0.05) is 30.9 Å². The number of hydrogen-bond donors (Lipinski definition) is 1. The first-order chi connectivity index (χ1) is 5.96. The van der Waals surface area contributed by atoms with Gasteiger partial charge in [-0.25, -0.2) is 0 Å². The van der Waals surface area contributed by atoms with Gasteiger partial charge in [0.25, 0.3) is 10.1 Å². The molecule has 1 rings (SSSR count). The van der Waals surface area contributed by atoms with Crippen LogP contribution in [0.3, 0.4) is 0 Å². The van der Waals surface area contributed by atoms with Gasteiger partial charge in [-0.15, -0.1) is 0 Å². The van der Waals surface area contributed by atoms with E-state index in [9.17, 15) is 8.42 Å². The van der Waals surface area contributed by atoms with Crippen molar-refractivity contribution in [3.8, 4) is 0 Å². The van der Waals surface area contributed by atoms with Crippen LogP contribution in [0, 0.1) is 6.92 Å². The van der Waals surface area contributed by atoms with Gasteiger partial charge in [0.2, 0.25) is 0 Å². The molecule has 0 spiro atoms. The molecule has 5 heteroatoms. The molecule has 0 heterocycles. The third-order valence-electron chi connectivity index (χ3n) is 1.72. The summed E-state index contributed by atoms with van der Waals surface area (Å²) in [6.45, 7) is 5.09. The molecule has 1 N–H and O–H groups in total. The van der Waals surface area contributed by atoms with Crippen molar-refractivity contribution in [3.05, 3.63) is 35.9 Å². The van der Waals surface area contributed by atoms with Crippen molar-refractivity contribution in [3.63, 3.8) is 0 Å². The van der Waals surface area contributed by atoms with Crippen molar-refractivity contribution in [1.82, 2.24) is 0 Å². The fraction of sp³-hybridized carbons (Fsp3) is 0.111. The molecule has 3 nitrogen and oxygen atoms in total. The summed E-state index contributed by atoms with van der Waals surface area (Å²) in [5.41, 5.74) is 0.933. The maximum absolute atomic E-state index is 10.9. The van der Waals surface area contributed by atoms with Crippen LogP contribution in [0.1, 0.15) is 11.1 Å². The molecule has 0 atom stereocenters. The van der Waals surface area contributed by atoms with E-state index in [1.807, 2.05) is 0 Å². The average Bonchev–Trinajstić information content (AvgIpc) is 2.01. The second-order valence-corrected chi connectivity index (χ2v) is 4.03. The van der Waals surface area contributed by atoms with E-state index in [1.165, 1.54) is 6.08 Å². The second kappa shape index (κ2) is 5.09. The molecule has 0 saturated heterocycles. The van der Waals surface area contributed by atoms with E-state index < -0.39 is 10.1 Å². The predicted octanol–water partition coefficient (Wildman–Crippen LogP) is 1.24. The Hall–Kier alpha value is -0.130. The molecular weight excluding hydrogens is 211 g/mol. The fourth-order valence-corrected chi connectivity index (χ4v) is 2.11. The van der Waals surface area contributed by atoms with Crippen molar-refractivity contribution in [1.29, 1.82) is 0 Å². The average molecular weight is 222 g/mol. The fourth-order valence-electron chi connectivity index (χ4n) is 1.19. The van der Waals surface area contributed by atoms with E-state index >= 15 is 0 Å². The van der Waals surface area contributed by atoms with E-state index in [-0.39, 0.29) is 34.5 Å². The van der Waals surface area contributed by atoms with Crippen molar-refractivity contribution >= 4 is 45.8 Å². The summed E-state index contributed by atoms with van der Waals surface area (Å²) < 4.78 is 30.8. The zero-order valence-electron chi connectivity index (χ0n) is 7.19. The zero-order valence-corrected chi connectivity index (χ0v) is 8.00. The Morgan fingerprint density at radius 1 is 1.43 bits per heavy atom. The Morgan fingerprint density at radius 2 is 2.00 bits per heavy atom. The molecule has 0 aliphatic heterocycles. The molecule has 1 aromatic rings. The summed E-state index contributed by atoms with van der Waals surface area (Å²) >= 11 is 0. The Kier molecular flexibility index (Phi) is 5.05. The normalized spacial score (nSPS) is 10.4. The molecule has 72 valence electrons. The monoisotopic (exact) mass is 222 g/mol. The van der Waals surface area contributed by atoms with Gasteiger partial charge in [0, 0.05) is 0 Å². The zero-order chi connectivity index (χ0) is 10.1. The quantitative estimate of drug-likeness (QED) is 0.605. The molecule has 0 unspecified atom stereocenters. The van der Waals surface area contributed by atoms with Crippen molar-refractivity contribution < 1.29 is 13.0 Å². The Morgan fingerprint density at radius 3 is 2.36 bits per heavy atom. The van der Waals surface area contributed by atoms with Gasteiger partial charge in [-0.3, -0.25) is 4.55 Å². The minimum atomic E-state index is -4.15. The standard InChI is InChI=1S/C9H10O3S.Na.H/c1-3-8-6-4-5-7(2)9(8)13(10,11)12;;/h3-6H,1H2,2H3,(H,10,11,12);;. The Labute approximate surface area is 106 Å². The molecule has 0 fully saturated rings. The minimum absolute atomic E-state index is 0. The first-order valence-corrected chi connectivity index (χ1v) is 5.10. The van der Waals surface area contributed by atoms with Crippen LogP contribution in [0.25, 0.3) is 6.08 Å². The summed E-state index contributed by atoms with van der Waals surface area (Å²) in [6.07, 6.45) is 1.40. The van der Waals surface area contributed by atoms with E-state index in [2.05, 4.69) is 6.58 Å². The molecule has 0 aliphatic carbocycles. The molecule has 0 bridgehead atoms. The van der Waals surface area contributed by atoms with E-state index in [1.54, 1.807) is 25.1 Å². The first kappa shape index (κ1) is 13.9. The van der Waals surface area contributed by atoms with Crippen LogP contribution in [-0.2, 0) is 10.1 Å². The number of benzene rings is 1. The summed E-state index contributed by atoms with van der Waals surface area (Å²) in [5.74, 6) is 0. The molecular formula is C9H11NaO3S. The molecule has 0 aliphatic rings. The summed E-state index contributed by atoms with van der Waals surface area (Å²) in [7, 11) is -4.15. The van der Waals surface area contributed by atoms with Crippen LogP contribution in [-0.4, -0.2) is 42.5 Å². The molecule has 14 heavy (non-hydrogen) atoms. The first-order valence-electron chi connectivity index (χ1n) is 3.66. The number of hydrogen-bond acceptors (Lipinski definition) is 2. The van der Waals surface area contributed by atoms with Gasteiger partial charge in [0.1, 0.15) is 4.90 Å². The topological polar surface area (TPSA) is 54.4 Å². The van der Waals surface area contributed by atoms with Crippen molar-refractivity contribution in [2.45, 2.75) is 11.8 Å². The van der Waals surface area contributed by atoms with Gasteiger partial charge in [-0.2, -0.15) is 8.42 Å². The van der Waals surface area contributed by atoms with E-state index in [0.717, 1.165) is 0 Å². The Balaban J connectivity index is 0.00000169. The second-order valence-electron chi connectivity index (χ2n) is 2.67. The third kappa shape index (κ3) is 2.93. The van der Waals surface area contributed by atoms with Crippen molar-refractivity contribution in [2.24, 2.45) is 0 Å². The summed E-state index contributed by atoms with van der Waals surface area (Å²) in [6, 6.07) is 4.92. The van der Waals surface area contributed by atoms with Gasteiger partial charge in [-0.05, 0) is 18.1 Å². The molecule has 0 radical (unpaired) electrons. The van der Waals surface area contributed by atoms with E-state index in [4.69, 9.17) is 4.55 Å². The van der Waals surface area contributed by atoms with Crippen LogP contribution in [0.5, 0.6) is 0 Å². The molecule has 0 saturated carbocycles. The van der Waals surface area contributed by atoms with Crippen LogP contribution < -0.4 is 0 Å². The summed E-state index contributed by atoms with van der Waals surface area (Å²) in [4.78, 5) is -0.0648. The van der Waals surface area contributed by atoms with Crippen LogP contribution in [0.15, 0.2) is 29.7 Å². The van der Waals surface area contributed by atoms with Gasteiger partial charge >= 0.3 is 29.6 Å². The SMILES string of the molecule is C=Cc1cccc(C)c1S(=O)(=O)O.[NaH]. The van der Waals surface area contributed by atoms with Crippen LogP contribution >= 0.6 is 0 Å². The Bertz CT molecular complexity index is 437. The number of rotatable bonds is 2. The predicted molar refractivity (Wildman–Crippen MR) is 58.2 cm³/mol. The van der Waals surface area contributed by atoms with Crippen LogP contribution in [0.2, 0.25) is 0 Å². The molecule has 0 amide bonds. The third-order valence-corrected chi connectivity index (χ3v) is 2.79. The van der Waals surface area contributed by atoms with Gasteiger partial charge in [0.05, 0.1) is 0 Å². The molecule has 0 aromatic heterocycles. The van der Waals surface area contributed by atoms with Crippen LogP contribution in [0.4, 0.5) is 0 Å². The van der Waals surface area contributed by atoms with Crippen molar-refractivity contribution in [2.75, 3.05) is 0 Å². The van der Waals surface area contributed by atoms with Gasteiger partial charge < -0.3 is 0 Å². The summed E-state index contributed by atoms with van der Waals surface area (Å²) in [5, 5.41) is 0. The van der Waals surface area contributed by atoms with E-state index in [0.29, 0.717) is 11.1 Å². The maximum atomic E-state index is 10.9. The number of aryl methyl sites for hydroxylation is 1. The molecule has 1 aromatic carbocycles.